The summed E-state index contributed by atoms with van der Waals surface area (Å²) in [6.07, 6.45) is -0.635. The van der Waals surface area contributed by atoms with Gasteiger partial charge in [0, 0.05) is 18.8 Å². The number of carbonyl (C=O) groups excluding carboxylic acids is 1. The monoisotopic (exact) mass is 345 g/mol. The molecule has 2 rings (SSSR count). The highest BCUT2D eigenvalue weighted by Crippen LogP contribution is 2.23. The van der Waals surface area contributed by atoms with Crippen molar-refractivity contribution in [2.45, 2.75) is 51.9 Å². The molecule has 1 fully saturated rings. The van der Waals surface area contributed by atoms with Crippen LogP contribution in [0.2, 0.25) is 0 Å². The molecule has 1 saturated heterocycles. The molecular weight excluding hydrogens is 323 g/mol. The molecule has 24 heavy (non-hydrogen) atoms. The maximum absolute atomic E-state index is 12.5. The summed E-state index contributed by atoms with van der Waals surface area (Å²) in [6.45, 7) is 3.25. The average molecular weight is 345 g/mol. The molecule has 1 aliphatic rings. The first-order valence-electron chi connectivity index (χ1n) is 8.03. The summed E-state index contributed by atoms with van der Waals surface area (Å²) in [5.41, 5.74) is -0.999. The van der Waals surface area contributed by atoms with Crippen molar-refractivity contribution in [1.82, 2.24) is 9.47 Å². The van der Waals surface area contributed by atoms with Crippen LogP contribution in [0.15, 0.2) is 23.1 Å². The third-order valence-corrected chi connectivity index (χ3v) is 4.19. The Balaban J connectivity index is 2.17. The van der Waals surface area contributed by atoms with Crippen LogP contribution in [0.5, 0.6) is 0 Å². The molecule has 0 spiro atoms. The molecule has 1 aromatic rings. The Labute approximate surface area is 138 Å². The van der Waals surface area contributed by atoms with Crippen molar-refractivity contribution in [2.75, 3.05) is 11.9 Å². The van der Waals surface area contributed by atoms with E-state index in [1.807, 2.05) is 13.8 Å². The number of pyridine rings is 1. The molecule has 5 nitrogen and oxygen atoms in total. The van der Waals surface area contributed by atoms with E-state index in [1.54, 1.807) is 4.90 Å². The SMILES string of the molecule is CC(C)[C@H]1CCCCN1C(=O)Nc1cccn(CC(F)(F)F)c1=O. The van der Waals surface area contributed by atoms with Crippen LogP contribution < -0.4 is 10.9 Å². The molecule has 134 valence electrons. The number of halogens is 3. The van der Waals surface area contributed by atoms with E-state index in [4.69, 9.17) is 0 Å². The van der Waals surface area contributed by atoms with Gasteiger partial charge in [-0.25, -0.2) is 4.79 Å². The first-order chi connectivity index (χ1) is 11.2. The molecule has 0 aliphatic carbocycles. The van der Waals surface area contributed by atoms with Gasteiger partial charge in [-0.3, -0.25) is 4.79 Å². The molecule has 1 aromatic heterocycles. The number of carbonyl (C=O) groups is 1. The number of likely N-dealkylation sites (tertiary alicyclic amines) is 1. The molecule has 0 bridgehead atoms. The fourth-order valence-corrected chi connectivity index (χ4v) is 3.04. The first-order valence-corrected chi connectivity index (χ1v) is 8.03. The van der Waals surface area contributed by atoms with E-state index in [-0.39, 0.29) is 17.6 Å². The molecular formula is C16H22F3N3O2. The van der Waals surface area contributed by atoms with Gasteiger partial charge >= 0.3 is 12.2 Å². The summed E-state index contributed by atoms with van der Waals surface area (Å²) < 4.78 is 38.0. The van der Waals surface area contributed by atoms with E-state index in [0.29, 0.717) is 11.1 Å². The van der Waals surface area contributed by atoms with Crippen LogP contribution in [0.4, 0.5) is 23.7 Å². The third-order valence-electron chi connectivity index (χ3n) is 4.19. The van der Waals surface area contributed by atoms with Crippen molar-refractivity contribution < 1.29 is 18.0 Å². The number of aromatic nitrogens is 1. The highest BCUT2D eigenvalue weighted by Gasteiger charge is 2.30. The van der Waals surface area contributed by atoms with Crippen LogP contribution in [0.25, 0.3) is 0 Å². The fraction of sp³-hybridized carbons (Fsp3) is 0.625. The molecule has 0 radical (unpaired) electrons. The summed E-state index contributed by atoms with van der Waals surface area (Å²) in [5, 5.41) is 2.48. The van der Waals surface area contributed by atoms with Crippen molar-refractivity contribution in [2.24, 2.45) is 5.92 Å². The van der Waals surface area contributed by atoms with Gasteiger partial charge in [-0.15, -0.1) is 0 Å². The number of piperidine rings is 1. The molecule has 0 unspecified atom stereocenters. The second-order valence-corrected chi connectivity index (χ2v) is 6.40. The van der Waals surface area contributed by atoms with E-state index < -0.39 is 24.3 Å². The van der Waals surface area contributed by atoms with Crippen molar-refractivity contribution in [3.63, 3.8) is 0 Å². The largest absolute Gasteiger partial charge is 0.406 e. The minimum atomic E-state index is -4.50. The van der Waals surface area contributed by atoms with Crippen LogP contribution >= 0.6 is 0 Å². The Bertz CT molecular complexity index is 640. The molecule has 8 heteroatoms. The normalized spacial score (nSPS) is 18.8. The zero-order valence-electron chi connectivity index (χ0n) is 13.8. The Morgan fingerprint density at radius 3 is 2.71 bits per heavy atom. The van der Waals surface area contributed by atoms with E-state index in [0.717, 1.165) is 25.5 Å². The maximum atomic E-state index is 12.5. The predicted molar refractivity (Wildman–Crippen MR) is 85.0 cm³/mol. The molecule has 0 aromatic carbocycles. The summed E-state index contributed by atoms with van der Waals surface area (Å²) in [6, 6.07) is 2.27. The molecule has 2 amide bonds. The molecule has 1 aliphatic heterocycles. The number of rotatable bonds is 3. The third kappa shape index (κ3) is 4.52. The number of amides is 2. The van der Waals surface area contributed by atoms with Gasteiger partial charge in [0.05, 0.1) is 0 Å². The quantitative estimate of drug-likeness (QED) is 0.912. The van der Waals surface area contributed by atoms with Gasteiger partial charge in [0.15, 0.2) is 0 Å². The number of nitrogens with zero attached hydrogens (tertiary/aromatic N) is 2. The van der Waals surface area contributed by atoms with Gasteiger partial charge in [-0.05, 0) is 37.3 Å². The Kier molecular flexibility index (Phi) is 5.56. The Hall–Kier alpha value is -1.99. The van der Waals surface area contributed by atoms with Crippen LogP contribution in [0.1, 0.15) is 33.1 Å². The zero-order valence-corrected chi connectivity index (χ0v) is 13.8. The highest BCUT2D eigenvalue weighted by molar-refractivity contribution is 5.89. The zero-order chi connectivity index (χ0) is 17.9. The molecule has 2 heterocycles. The van der Waals surface area contributed by atoms with Crippen LogP contribution in [0, 0.1) is 5.92 Å². The van der Waals surface area contributed by atoms with Gasteiger partial charge in [-0.2, -0.15) is 13.2 Å². The molecule has 1 N–H and O–H groups in total. The molecule has 1 atom stereocenters. The smallest absolute Gasteiger partial charge is 0.321 e. The average Bonchev–Trinajstić information content (AvgIpc) is 2.50. The van der Waals surface area contributed by atoms with Gasteiger partial charge in [0.25, 0.3) is 5.56 Å². The van der Waals surface area contributed by atoms with Gasteiger partial charge in [-0.1, -0.05) is 13.8 Å². The predicted octanol–water partition coefficient (Wildman–Crippen LogP) is 3.45. The van der Waals surface area contributed by atoms with E-state index in [1.165, 1.54) is 12.1 Å². The Morgan fingerprint density at radius 1 is 1.38 bits per heavy atom. The Morgan fingerprint density at radius 2 is 2.08 bits per heavy atom. The number of hydrogen-bond donors (Lipinski definition) is 1. The lowest BCUT2D eigenvalue weighted by molar-refractivity contribution is -0.141. The van der Waals surface area contributed by atoms with Gasteiger partial charge in [0.2, 0.25) is 0 Å². The van der Waals surface area contributed by atoms with E-state index in [9.17, 15) is 22.8 Å². The highest BCUT2D eigenvalue weighted by atomic mass is 19.4. The van der Waals surface area contributed by atoms with Crippen molar-refractivity contribution in [1.29, 1.82) is 0 Å². The van der Waals surface area contributed by atoms with Crippen LogP contribution in [0.3, 0.4) is 0 Å². The minimum absolute atomic E-state index is 0.0693. The number of anilines is 1. The lowest BCUT2D eigenvalue weighted by Crippen LogP contribution is -2.48. The minimum Gasteiger partial charge on any atom is -0.321 e. The van der Waals surface area contributed by atoms with Gasteiger partial charge < -0.3 is 14.8 Å². The fourth-order valence-electron chi connectivity index (χ4n) is 3.04. The topological polar surface area (TPSA) is 54.3 Å². The summed E-state index contributed by atoms with van der Waals surface area (Å²) in [5.74, 6) is 0.272. The first kappa shape index (κ1) is 18.4. The summed E-state index contributed by atoms with van der Waals surface area (Å²) in [4.78, 5) is 26.3. The number of hydrogen-bond acceptors (Lipinski definition) is 2. The van der Waals surface area contributed by atoms with Gasteiger partial charge in [0.1, 0.15) is 12.2 Å². The number of nitrogens with one attached hydrogen (secondary N) is 1. The molecule has 0 saturated carbocycles. The number of alkyl halides is 3. The van der Waals surface area contributed by atoms with Crippen molar-refractivity contribution in [3.05, 3.63) is 28.7 Å². The van der Waals surface area contributed by atoms with E-state index in [2.05, 4.69) is 5.32 Å². The van der Waals surface area contributed by atoms with E-state index >= 15 is 0 Å². The summed E-state index contributed by atoms with van der Waals surface area (Å²) >= 11 is 0. The second kappa shape index (κ2) is 7.27. The summed E-state index contributed by atoms with van der Waals surface area (Å²) in [7, 11) is 0. The van der Waals surface area contributed by atoms with Crippen molar-refractivity contribution >= 4 is 11.7 Å². The van der Waals surface area contributed by atoms with Crippen LogP contribution in [-0.2, 0) is 6.54 Å². The lowest BCUT2D eigenvalue weighted by Gasteiger charge is -2.38. The second-order valence-electron chi connectivity index (χ2n) is 6.40. The van der Waals surface area contributed by atoms with Crippen LogP contribution in [-0.4, -0.2) is 34.3 Å². The number of urea groups is 1. The standard InChI is InChI=1S/C16H22F3N3O2/c1-11(2)13-7-3-4-9-22(13)15(24)20-12-6-5-8-21(14(12)23)10-16(17,18)19/h5-6,8,11,13H,3-4,7,9-10H2,1-2H3,(H,20,24)/t13-/m1/s1. The van der Waals surface area contributed by atoms with Crippen molar-refractivity contribution in [3.8, 4) is 0 Å². The maximum Gasteiger partial charge on any atom is 0.406 e. The lowest BCUT2D eigenvalue weighted by atomic mass is 9.93.